The number of ether oxygens (including phenoxy) is 1. The van der Waals surface area contributed by atoms with E-state index in [0.29, 0.717) is 18.3 Å². The van der Waals surface area contributed by atoms with Gasteiger partial charge in [-0.1, -0.05) is 17.4 Å². The number of piperidine rings is 1. The van der Waals surface area contributed by atoms with Gasteiger partial charge in [0.25, 0.3) is 0 Å². The maximum atomic E-state index is 12.4. The first-order valence-corrected chi connectivity index (χ1v) is 9.68. The molecule has 0 bridgehead atoms. The summed E-state index contributed by atoms with van der Waals surface area (Å²) in [4.78, 5) is 14.5. The molecule has 0 radical (unpaired) electrons. The molecule has 3 aromatic rings. The van der Waals surface area contributed by atoms with Crippen LogP contribution in [0.3, 0.4) is 0 Å². The molecule has 1 aliphatic rings. The van der Waals surface area contributed by atoms with Crippen LogP contribution in [0.25, 0.3) is 5.65 Å². The monoisotopic (exact) mass is 387 g/mol. The fraction of sp³-hybridized carbons (Fsp3) is 0.471. The van der Waals surface area contributed by atoms with Crippen molar-refractivity contribution in [3.05, 3.63) is 35.2 Å². The zero-order valence-corrected chi connectivity index (χ0v) is 15.9. The number of fused-ring (bicyclic) bond motifs is 1. The molecule has 1 fully saturated rings. The maximum Gasteiger partial charge on any atom is 0.240 e. The van der Waals surface area contributed by atoms with Gasteiger partial charge in [0.05, 0.1) is 6.54 Å². The quantitative estimate of drug-likeness (QED) is 0.685. The Hall–Kier alpha value is -2.43. The molecule has 1 N–H and O–H groups in total. The molecule has 0 aromatic carbocycles. The van der Waals surface area contributed by atoms with E-state index in [2.05, 4.69) is 30.6 Å². The molecule has 9 nitrogen and oxygen atoms in total. The number of hydrogen-bond donors (Lipinski definition) is 1. The second-order valence-corrected chi connectivity index (χ2v) is 7.61. The Balaban J connectivity index is 1.37. The second kappa shape index (κ2) is 8.07. The highest BCUT2D eigenvalue weighted by Gasteiger charge is 2.26. The van der Waals surface area contributed by atoms with E-state index in [1.807, 2.05) is 28.8 Å². The molecule has 1 amide bonds. The van der Waals surface area contributed by atoms with E-state index in [0.717, 1.165) is 42.4 Å². The van der Waals surface area contributed by atoms with E-state index in [4.69, 9.17) is 4.74 Å². The third-order valence-corrected chi connectivity index (χ3v) is 5.37. The Morgan fingerprint density at radius 1 is 1.33 bits per heavy atom. The first kappa shape index (κ1) is 18.0. The molecule has 1 unspecified atom stereocenters. The SMILES string of the molecule is COCc1nnc(NC(=O)CN2CCCC(c3nnc4ccccn34)C2)s1. The van der Waals surface area contributed by atoms with E-state index in [1.54, 1.807) is 7.11 Å². The summed E-state index contributed by atoms with van der Waals surface area (Å²) < 4.78 is 7.05. The largest absolute Gasteiger partial charge is 0.377 e. The van der Waals surface area contributed by atoms with Gasteiger partial charge in [-0.05, 0) is 31.5 Å². The summed E-state index contributed by atoms with van der Waals surface area (Å²) in [5.74, 6) is 1.14. The lowest BCUT2D eigenvalue weighted by molar-refractivity contribution is -0.117. The van der Waals surface area contributed by atoms with Gasteiger partial charge in [-0.2, -0.15) is 0 Å². The molecule has 142 valence electrons. The molecule has 10 heteroatoms. The minimum atomic E-state index is -0.0816. The highest BCUT2D eigenvalue weighted by atomic mass is 32.1. The molecule has 0 aliphatic carbocycles. The summed E-state index contributed by atoms with van der Waals surface area (Å²) in [6.45, 7) is 2.40. The highest BCUT2D eigenvalue weighted by molar-refractivity contribution is 7.15. The van der Waals surface area contributed by atoms with Crippen LogP contribution >= 0.6 is 11.3 Å². The van der Waals surface area contributed by atoms with Crippen LogP contribution in [-0.2, 0) is 16.1 Å². The van der Waals surface area contributed by atoms with Crippen molar-refractivity contribution in [1.29, 1.82) is 0 Å². The van der Waals surface area contributed by atoms with Crippen molar-refractivity contribution in [3.8, 4) is 0 Å². The van der Waals surface area contributed by atoms with Gasteiger partial charge in [0.2, 0.25) is 11.0 Å². The smallest absolute Gasteiger partial charge is 0.240 e. The van der Waals surface area contributed by atoms with Crippen LogP contribution < -0.4 is 5.32 Å². The van der Waals surface area contributed by atoms with Crippen molar-refractivity contribution < 1.29 is 9.53 Å². The number of methoxy groups -OCH3 is 1. The van der Waals surface area contributed by atoms with Crippen LogP contribution in [0.15, 0.2) is 24.4 Å². The summed E-state index contributed by atoms with van der Waals surface area (Å²) in [5, 5.41) is 20.6. The fourth-order valence-electron chi connectivity index (χ4n) is 3.40. The number of rotatable bonds is 6. The van der Waals surface area contributed by atoms with Gasteiger partial charge in [-0.25, -0.2) is 0 Å². The number of anilines is 1. The third kappa shape index (κ3) is 4.12. The van der Waals surface area contributed by atoms with Gasteiger partial charge in [0.15, 0.2) is 5.65 Å². The fourth-order valence-corrected chi connectivity index (χ4v) is 4.12. The zero-order chi connectivity index (χ0) is 18.6. The maximum absolute atomic E-state index is 12.4. The van der Waals surface area contributed by atoms with Gasteiger partial charge in [-0.15, -0.1) is 20.4 Å². The zero-order valence-electron chi connectivity index (χ0n) is 15.0. The van der Waals surface area contributed by atoms with Crippen molar-refractivity contribution in [3.63, 3.8) is 0 Å². The third-order valence-electron chi connectivity index (χ3n) is 4.56. The Morgan fingerprint density at radius 2 is 2.26 bits per heavy atom. The van der Waals surface area contributed by atoms with Crippen LogP contribution in [0.5, 0.6) is 0 Å². The van der Waals surface area contributed by atoms with Crippen LogP contribution in [0.1, 0.15) is 29.6 Å². The molecule has 0 saturated carbocycles. The van der Waals surface area contributed by atoms with Crippen molar-refractivity contribution in [2.75, 3.05) is 32.1 Å². The van der Waals surface area contributed by atoms with Gasteiger partial charge >= 0.3 is 0 Å². The molecule has 1 saturated heterocycles. The van der Waals surface area contributed by atoms with Crippen molar-refractivity contribution in [1.82, 2.24) is 29.7 Å². The Kier molecular flexibility index (Phi) is 5.37. The first-order valence-electron chi connectivity index (χ1n) is 8.86. The van der Waals surface area contributed by atoms with E-state index in [-0.39, 0.29) is 11.8 Å². The number of pyridine rings is 1. The second-order valence-electron chi connectivity index (χ2n) is 6.54. The topological polar surface area (TPSA) is 97.5 Å². The number of carbonyl (C=O) groups excluding carboxylic acids is 1. The molecule has 3 aromatic heterocycles. The normalized spacial score (nSPS) is 18.0. The number of nitrogens with zero attached hydrogens (tertiary/aromatic N) is 6. The standard InChI is InChI=1S/C17H21N7O2S/c1-26-11-15-20-22-17(27-15)18-14(25)10-23-7-4-5-12(9-23)16-21-19-13-6-2-3-8-24(13)16/h2-3,6,8,12H,4-5,7,9-11H2,1H3,(H,18,22,25). The molecule has 0 spiro atoms. The van der Waals surface area contributed by atoms with Crippen LogP contribution in [0.4, 0.5) is 5.13 Å². The molecule has 4 rings (SSSR count). The van der Waals surface area contributed by atoms with Gasteiger partial charge in [0, 0.05) is 25.8 Å². The summed E-state index contributed by atoms with van der Waals surface area (Å²) >= 11 is 1.33. The van der Waals surface area contributed by atoms with Gasteiger partial charge in [-0.3, -0.25) is 19.4 Å². The van der Waals surface area contributed by atoms with Crippen molar-refractivity contribution in [2.24, 2.45) is 0 Å². The van der Waals surface area contributed by atoms with Crippen LogP contribution in [-0.4, -0.2) is 62.3 Å². The first-order chi connectivity index (χ1) is 13.2. The lowest BCUT2D eigenvalue weighted by atomic mass is 9.97. The average Bonchev–Trinajstić information content (AvgIpc) is 3.29. The van der Waals surface area contributed by atoms with E-state index in [9.17, 15) is 4.79 Å². The van der Waals surface area contributed by atoms with E-state index in [1.165, 1.54) is 11.3 Å². The lowest BCUT2D eigenvalue weighted by Crippen LogP contribution is -2.40. The van der Waals surface area contributed by atoms with Crippen LogP contribution in [0, 0.1) is 0 Å². The van der Waals surface area contributed by atoms with Gasteiger partial charge in [0.1, 0.15) is 17.4 Å². The van der Waals surface area contributed by atoms with E-state index >= 15 is 0 Å². The highest BCUT2D eigenvalue weighted by Crippen LogP contribution is 2.26. The minimum absolute atomic E-state index is 0.0816. The number of carbonyl (C=O) groups is 1. The summed E-state index contributed by atoms with van der Waals surface area (Å²) in [5.41, 5.74) is 0.852. The molecule has 4 heterocycles. The average molecular weight is 387 g/mol. The van der Waals surface area contributed by atoms with Crippen molar-refractivity contribution >= 4 is 28.0 Å². The lowest BCUT2D eigenvalue weighted by Gasteiger charge is -2.31. The summed E-state index contributed by atoms with van der Waals surface area (Å²) in [6, 6.07) is 5.88. The summed E-state index contributed by atoms with van der Waals surface area (Å²) in [7, 11) is 1.60. The number of aromatic nitrogens is 5. The van der Waals surface area contributed by atoms with Crippen LogP contribution in [0.2, 0.25) is 0 Å². The predicted molar refractivity (Wildman–Crippen MR) is 101 cm³/mol. The summed E-state index contributed by atoms with van der Waals surface area (Å²) in [6.07, 6.45) is 4.06. The molecular weight excluding hydrogens is 366 g/mol. The molecular formula is C17H21N7O2S. The van der Waals surface area contributed by atoms with E-state index < -0.39 is 0 Å². The molecule has 27 heavy (non-hydrogen) atoms. The number of likely N-dealkylation sites (tertiary alicyclic amines) is 1. The Morgan fingerprint density at radius 3 is 3.15 bits per heavy atom. The van der Waals surface area contributed by atoms with Gasteiger partial charge < -0.3 is 4.74 Å². The predicted octanol–water partition coefficient (Wildman–Crippen LogP) is 1.55. The minimum Gasteiger partial charge on any atom is -0.377 e. The number of nitrogens with one attached hydrogen (secondary N) is 1. The molecule has 1 atom stereocenters. The molecule has 1 aliphatic heterocycles. The Bertz CT molecular complexity index is 925. The number of amides is 1. The Labute approximate surface area is 160 Å². The number of hydrogen-bond acceptors (Lipinski definition) is 8. The van der Waals surface area contributed by atoms with Crippen molar-refractivity contribution in [2.45, 2.75) is 25.4 Å².